The van der Waals surface area contributed by atoms with Crippen LogP contribution in [-0.2, 0) is 0 Å². The van der Waals surface area contributed by atoms with Crippen LogP contribution < -0.4 is 5.32 Å². The first kappa shape index (κ1) is 18.7. The summed E-state index contributed by atoms with van der Waals surface area (Å²) in [6.45, 7) is 5.64. The first-order valence-electron chi connectivity index (χ1n) is 8.63. The summed E-state index contributed by atoms with van der Waals surface area (Å²) in [6, 6.07) is 8.55. The largest absolute Gasteiger partial charge is 0.345 e. The van der Waals surface area contributed by atoms with E-state index in [0.717, 1.165) is 17.8 Å². The highest BCUT2D eigenvalue weighted by Gasteiger charge is 2.23. The Balaban J connectivity index is 1.88. The van der Waals surface area contributed by atoms with Gasteiger partial charge >= 0.3 is 0 Å². The van der Waals surface area contributed by atoms with Gasteiger partial charge in [-0.1, -0.05) is 26.0 Å². The van der Waals surface area contributed by atoms with E-state index >= 15 is 0 Å². The smallest absolute Gasteiger partial charge is 0.255 e. The van der Waals surface area contributed by atoms with Crippen LogP contribution in [0.3, 0.4) is 0 Å². The minimum absolute atomic E-state index is 0.0221. The predicted octanol–water partition coefficient (Wildman–Crippen LogP) is 4.16. The summed E-state index contributed by atoms with van der Waals surface area (Å²) in [5.74, 6) is -1.56. The normalized spacial score (nSPS) is 12.2. The molecule has 0 radical (unpaired) electrons. The zero-order chi connectivity index (χ0) is 19.6. The minimum Gasteiger partial charge on any atom is -0.345 e. The molecule has 3 aromatic rings. The number of aromatic nitrogens is 3. The second kappa shape index (κ2) is 7.65. The topological polar surface area (TPSA) is 59.8 Å². The third-order valence-corrected chi connectivity index (χ3v) is 4.26. The summed E-state index contributed by atoms with van der Waals surface area (Å²) >= 11 is 0. The molecule has 27 heavy (non-hydrogen) atoms. The Hall–Kier alpha value is -3.09. The Bertz CT molecular complexity index is 954. The Morgan fingerprint density at radius 1 is 1.11 bits per heavy atom. The Morgan fingerprint density at radius 3 is 2.52 bits per heavy atom. The van der Waals surface area contributed by atoms with Crippen molar-refractivity contribution < 1.29 is 13.6 Å². The lowest BCUT2D eigenvalue weighted by atomic mass is 10.0. The van der Waals surface area contributed by atoms with Gasteiger partial charge in [0.2, 0.25) is 0 Å². The molecule has 0 aliphatic heterocycles. The Labute approximate surface area is 156 Å². The van der Waals surface area contributed by atoms with Crippen molar-refractivity contribution >= 4 is 5.91 Å². The summed E-state index contributed by atoms with van der Waals surface area (Å²) in [6.07, 6.45) is 3.16. The fourth-order valence-corrected chi connectivity index (χ4v) is 2.89. The maximum absolute atomic E-state index is 13.5. The lowest BCUT2D eigenvalue weighted by molar-refractivity contribution is 0.0938. The van der Waals surface area contributed by atoms with Crippen LogP contribution in [-0.4, -0.2) is 20.7 Å². The van der Waals surface area contributed by atoms with Crippen molar-refractivity contribution in [2.24, 2.45) is 0 Å². The fourth-order valence-electron chi connectivity index (χ4n) is 2.89. The summed E-state index contributed by atoms with van der Waals surface area (Å²) in [7, 11) is 0. The van der Waals surface area contributed by atoms with E-state index in [1.54, 1.807) is 23.9 Å². The molecule has 2 heterocycles. The van der Waals surface area contributed by atoms with Gasteiger partial charge in [0.05, 0.1) is 23.5 Å². The molecule has 5 nitrogen and oxygen atoms in total. The predicted molar refractivity (Wildman–Crippen MR) is 97.7 cm³/mol. The molecule has 0 aliphatic carbocycles. The van der Waals surface area contributed by atoms with Crippen LogP contribution in [0.1, 0.15) is 54.3 Å². The molecule has 1 N–H and O–H groups in total. The fraction of sp³-hybridized carbons (Fsp3) is 0.250. The van der Waals surface area contributed by atoms with E-state index in [1.165, 1.54) is 12.3 Å². The summed E-state index contributed by atoms with van der Waals surface area (Å²) in [5.41, 5.74) is 1.62. The maximum Gasteiger partial charge on any atom is 0.255 e. The van der Waals surface area contributed by atoms with E-state index < -0.39 is 17.7 Å². The number of rotatable bonds is 5. The van der Waals surface area contributed by atoms with Crippen LogP contribution in [0.25, 0.3) is 5.82 Å². The molecule has 140 valence electrons. The van der Waals surface area contributed by atoms with Crippen molar-refractivity contribution in [1.82, 2.24) is 20.1 Å². The maximum atomic E-state index is 13.5. The third-order valence-electron chi connectivity index (χ3n) is 4.26. The molecule has 0 fully saturated rings. The van der Waals surface area contributed by atoms with Crippen molar-refractivity contribution in [1.29, 1.82) is 0 Å². The molecule has 0 spiro atoms. The van der Waals surface area contributed by atoms with Gasteiger partial charge in [0.15, 0.2) is 17.5 Å². The average molecular weight is 370 g/mol. The highest BCUT2D eigenvalue weighted by atomic mass is 19.2. The van der Waals surface area contributed by atoms with Gasteiger partial charge in [0, 0.05) is 6.20 Å². The van der Waals surface area contributed by atoms with Gasteiger partial charge in [0.25, 0.3) is 5.91 Å². The first-order valence-corrected chi connectivity index (χ1v) is 8.63. The second-order valence-corrected chi connectivity index (χ2v) is 6.57. The molecule has 1 amide bonds. The van der Waals surface area contributed by atoms with Crippen molar-refractivity contribution in [2.45, 2.75) is 32.7 Å². The van der Waals surface area contributed by atoms with Crippen LogP contribution in [0.5, 0.6) is 0 Å². The molecule has 3 rings (SSSR count). The van der Waals surface area contributed by atoms with Crippen LogP contribution in [0.4, 0.5) is 8.78 Å². The van der Waals surface area contributed by atoms with E-state index in [0.29, 0.717) is 16.9 Å². The molecule has 0 bridgehead atoms. The molecule has 0 unspecified atom stereocenters. The molecule has 0 aliphatic rings. The molecule has 2 aromatic heterocycles. The van der Waals surface area contributed by atoms with E-state index in [-0.39, 0.29) is 11.8 Å². The van der Waals surface area contributed by atoms with Gasteiger partial charge < -0.3 is 5.32 Å². The number of nitrogens with one attached hydrogen (secondary N) is 1. The first-order chi connectivity index (χ1) is 12.9. The monoisotopic (exact) mass is 370 g/mol. The molecular weight excluding hydrogens is 350 g/mol. The number of halogens is 2. The van der Waals surface area contributed by atoms with E-state index in [1.807, 2.05) is 26.0 Å². The van der Waals surface area contributed by atoms with Crippen molar-refractivity contribution in [3.8, 4) is 5.82 Å². The summed E-state index contributed by atoms with van der Waals surface area (Å²) in [4.78, 5) is 17.1. The number of pyridine rings is 1. The van der Waals surface area contributed by atoms with Gasteiger partial charge in [-0.3, -0.25) is 4.79 Å². The zero-order valence-corrected chi connectivity index (χ0v) is 15.3. The molecule has 0 saturated carbocycles. The number of benzene rings is 1. The highest BCUT2D eigenvalue weighted by molar-refractivity contribution is 5.95. The number of amides is 1. The Morgan fingerprint density at radius 2 is 1.89 bits per heavy atom. The number of carbonyl (C=O) groups excluding carboxylic acids is 1. The van der Waals surface area contributed by atoms with E-state index in [9.17, 15) is 13.6 Å². The summed E-state index contributed by atoms with van der Waals surface area (Å²) < 4.78 is 28.2. The van der Waals surface area contributed by atoms with Crippen LogP contribution in [0, 0.1) is 11.6 Å². The van der Waals surface area contributed by atoms with Crippen LogP contribution >= 0.6 is 0 Å². The standard InChI is InChI=1S/C20H20F2N4O/c1-12(2)19-15(11-24-26(19)18-6-4-5-9-23-18)20(27)25-13(3)14-7-8-16(21)17(22)10-14/h4-13H,1-3H3,(H,25,27)/t13-/m1/s1. The third kappa shape index (κ3) is 3.86. The average Bonchev–Trinajstić information content (AvgIpc) is 3.10. The van der Waals surface area contributed by atoms with Crippen molar-refractivity contribution in [3.63, 3.8) is 0 Å². The molecule has 1 aromatic carbocycles. The molecule has 1 atom stereocenters. The number of nitrogens with zero attached hydrogens (tertiary/aromatic N) is 3. The van der Waals surface area contributed by atoms with Crippen molar-refractivity contribution in [2.75, 3.05) is 0 Å². The highest BCUT2D eigenvalue weighted by Crippen LogP contribution is 2.23. The number of hydrogen-bond donors (Lipinski definition) is 1. The summed E-state index contributed by atoms with van der Waals surface area (Å²) in [5, 5.41) is 7.14. The molecule has 0 saturated heterocycles. The quantitative estimate of drug-likeness (QED) is 0.734. The van der Waals surface area contributed by atoms with Gasteiger partial charge in [0.1, 0.15) is 0 Å². The van der Waals surface area contributed by atoms with E-state index in [2.05, 4.69) is 15.4 Å². The molecular formula is C20H20F2N4O. The second-order valence-electron chi connectivity index (χ2n) is 6.57. The lowest BCUT2D eigenvalue weighted by Gasteiger charge is -2.16. The van der Waals surface area contributed by atoms with Crippen LogP contribution in [0.2, 0.25) is 0 Å². The van der Waals surface area contributed by atoms with Gasteiger partial charge in [-0.25, -0.2) is 18.4 Å². The van der Waals surface area contributed by atoms with Crippen molar-refractivity contribution in [3.05, 3.63) is 77.2 Å². The van der Waals surface area contributed by atoms with Gasteiger partial charge in [-0.05, 0) is 42.7 Å². The Kier molecular flexibility index (Phi) is 5.30. The number of hydrogen-bond acceptors (Lipinski definition) is 3. The SMILES string of the molecule is CC(C)c1c(C(=O)N[C@H](C)c2ccc(F)c(F)c2)cnn1-c1ccccn1. The lowest BCUT2D eigenvalue weighted by Crippen LogP contribution is -2.27. The van der Waals surface area contributed by atoms with Gasteiger partial charge in [-0.2, -0.15) is 5.10 Å². The number of carbonyl (C=O) groups is 1. The van der Waals surface area contributed by atoms with Crippen LogP contribution in [0.15, 0.2) is 48.8 Å². The van der Waals surface area contributed by atoms with Gasteiger partial charge in [-0.15, -0.1) is 0 Å². The van der Waals surface area contributed by atoms with E-state index in [4.69, 9.17) is 0 Å². The zero-order valence-electron chi connectivity index (χ0n) is 15.3. The minimum atomic E-state index is -0.945. The molecule has 7 heteroatoms.